The van der Waals surface area contributed by atoms with E-state index in [1.165, 1.54) is 6.07 Å². The van der Waals surface area contributed by atoms with Gasteiger partial charge in [0, 0.05) is 24.0 Å². The van der Waals surface area contributed by atoms with E-state index in [-0.39, 0.29) is 17.3 Å². The maximum Gasteiger partial charge on any atom is 0.289 e. The second-order valence-electron chi connectivity index (χ2n) is 5.17. The topological polar surface area (TPSA) is 33.5 Å². The Morgan fingerprint density at radius 1 is 1.42 bits per heavy atom. The van der Waals surface area contributed by atoms with Crippen LogP contribution < -0.4 is 0 Å². The minimum Gasteiger partial charge on any atom is -0.448 e. The number of fused-ring (bicyclic) bond motifs is 1. The molecule has 0 N–H and O–H groups in total. The molecule has 19 heavy (non-hydrogen) atoms. The SMILES string of the molecule is Cc1c(C(=O)N(C)C2CCC2)oc2c(F)cccc12. The second-order valence-corrected chi connectivity index (χ2v) is 5.17. The zero-order chi connectivity index (χ0) is 13.6. The Hall–Kier alpha value is -1.84. The Bertz CT molecular complexity index is 643. The van der Waals surface area contributed by atoms with Crippen molar-refractivity contribution in [3.8, 4) is 0 Å². The molecule has 3 rings (SSSR count). The van der Waals surface area contributed by atoms with Crippen LogP contribution in [0, 0.1) is 12.7 Å². The van der Waals surface area contributed by atoms with Gasteiger partial charge in [-0.1, -0.05) is 12.1 Å². The largest absolute Gasteiger partial charge is 0.448 e. The van der Waals surface area contributed by atoms with Gasteiger partial charge < -0.3 is 9.32 Å². The van der Waals surface area contributed by atoms with Crippen LogP contribution in [0.4, 0.5) is 4.39 Å². The van der Waals surface area contributed by atoms with Crippen LogP contribution in [0.15, 0.2) is 22.6 Å². The highest BCUT2D eigenvalue weighted by molar-refractivity contribution is 5.99. The van der Waals surface area contributed by atoms with E-state index in [0.717, 1.165) is 19.3 Å². The first-order valence-corrected chi connectivity index (χ1v) is 6.54. The summed E-state index contributed by atoms with van der Waals surface area (Å²) in [5, 5.41) is 0.672. The van der Waals surface area contributed by atoms with Crippen molar-refractivity contribution in [3.63, 3.8) is 0 Å². The molecular weight excluding hydrogens is 245 g/mol. The number of para-hydroxylation sites is 1. The molecule has 1 amide bonds. The average Bonchev–Trinajstić information content (AvgIpc) is 2.66. The Balaban J connectivity index is 2.02. The van der Waals surface area contributed by atoms with E-state index in [1.807, 2.05) is 0 Å². The Morgan fingerprint density at radius 3 is 2.74 bits per heavy atom. The lowest BCUT2D eigenvalue weighted by Gasteiger charge is -2.34. The summed E-state index contributed by atoms with van der Waals surface area (Å²) in [7, 11) is 1.79. The highest BCUT2D eigenvalue weighted by Gasteiger charge is 2.29. The summed E-state index contributed by atoms with van der Waals surface area (Å²) >= 11 is 0. The third-order valence-electron chi connectivity index (χ3n) is 4.05. The standard InChI is InChI=1S/C15H16FNO2/c1-9-11-7-4-8-12(16)14(11)19-13(9)15(18)17(2)10-5-3-6-10/h4,7-8,10H,3,5-6H2,1-2H3. The van der Waals surface area contributed by atoms with Gasteiger partial charge in [0.15, 0.2) is 17.2 Å². The lowest BCUT2D eigenvalue weighted by atomic mass is 9.91. The smallest absolute Gasteiger partial charge is 0.289 e. The summed E-state index contributed by atoms with van der Waals surface area (Å²) in [5.41, 5.74) is 0.885. The quantitative estimate of drug-likeness (QED) is 0.829. The molecule has 1 fully saturated rings. The van der Waals surface area contributed by atoms with Crippen molar-refractivity contribution in [1.82, 2.24) is 4.90 Å². The van der Waals surface area contributed by atoms with E-state index in [9.17, 15) is 9.18 Å². The zero-order valence-corrected chi connectivity index (χ0v) is 11.1. The van der Waals surface area contributed by atoms with Crippen LogP contribution in [0.1, 0.15) is 35.4 Å². The van der Waals surface area contributed by atoms with Gasteiger partial charge in [-0.25, -0.2) is 4.39 Å². The Morgan fingerprint density at radius 2 is 2.16 bits per heavy atom. The normalized spacial score (nSPS) is 15.5. The highest BCUT2D eigenvalue weighted by atomic mass is 19.1. The fourth-order valence-electron chi connectivity index (χ4n) is 2.51. The molecule has 1 saturated carbocycles. The van der Waals surface area contributed by atoms with Crippen molar-refractivity contribution in [3.05, 3.63) is 35.3 Å². The van der Waals surface area contributed by atoms with Crippen LogP contribution in [-0.2, 0) is 0 Å². The summed E-state index contributed by atoms with van der Waals surface area (Å²) in [5.74, 6) is -0.321. The number of halogens is 1. The summed E-state index contributed by atoms with van der Waals surface area (Å²) in [6.45, 7) is 1.80. The molecule has 3 nitrogen and oxygen atoms in total. The summed E-state index contributed by atoms with van der Waals surface area (Å²) in [6.07, 6.45) is 3.24. The first-order valence-electron chi connectivity index (χ1n) is 6.54. The first kappa shape index (κ1) is 12.2. The van der Waals surface area contributed by atoms with Gasteiger partial charge in [-0.3, -0.25) is 4.79 Å². The molecule has 0 atom stereocenters. The third kappa shape index (κ3) is 1.82. The number of furan rings is 1. The number of hydrogen-bond donors (Lipinski definition) is 0. The summed E-state index contributed by atoms with van der Waals surface area (Å²) in [6, 6.07) is 5.04. The van der Waals surface area contributed by atoms with Gasteiger partial charge in [0.1, 0.15) is 0 Å². The van der Waals surface area contributed by atoms with Crippen LogP contribution in [-0.4, -0.2) is 23.9 Å². The van der Waals surface area contributed by atoms with Crippen LogP contribution in [0.2, 0.25) is 0 Å². The highest BCUT2D eigenvalue weighted by Crippen LogP contribution is 2.30. The maximum atomic E-state index is 13.7. The van der Waals surface area contributed by atoms with Crippen molar-refractivity contribution < 1.29 is 13.6 Å². The molecule has 0 bridgehead atoms. The van der Waals surface area contributed by atoms with Crippen LogP contribution in [0.3, 0.4) is 0 Å². The van der Waals surface area contributed by atoms with Gasteiger partial charge in [0.25, 0.3) is 5.91 Å². The van der Waals surface area contributed by atoms with Crippen molar-refractivity contribution in [1.29, 1.82) is 0 Å². The number of amides is 1. The molecule has 1 aromatic heterocycles. The first-order chi connectivity index (χ1) is 9.09. The number of benzene rings is 1. The van der Waals surface area contributed by atoms with Gasteiger partial charge in [-0.2, -0.15) is 0 Å². The molecule has 0 radical (unpaired) electrons. The number of aryl methyl sites for hydroxylation is 1. The summed E-state index contributed by atoms with van der Waals surface area (Å²) < 4.78 is 19.1. The minimum atomic E-state index is -0.425. The van der Waals surface area contributed by atoms with E-state index < -0.39 is 5.82 Å². The van der Waals surface area contributed by atoms with Crippen LogP contribution in [0.5, 0.6) is 0 Å². The molecule has 1 aliphatic carbocycles. The fraction of sp³-hybridized carbons (Fsp3) is 0.400. The molecule has 0 spiro atoms. The van der Waals surface area contributed by atoms with E-state index >= 15 is 0 Å². The van der Waals surface area contributed by atoms with Crippen molar-refractivity contribution >= 4 is 16.9 Å². The molecule has 1 aromatic carbocycles. The molecule has 1 aliphatic rings. The van der Waals surface area contributed by atoms with Gasteiger partial charge in [0.05, 0.1) is 0 Å². The Kier molecular flexibility index (Phi) is 2.81. The van der Waals surface area contributed by atoms with E-state index in [1.54, 1.807) is 31.0 Å². The minimum absolute atomic E-state index is 0.155. The van der Waals surface area contributed by atoms with Gasteiger partial charge in [0.2, 0.25) is 0 Å². The predicted molar refractivity (Wildman–Crippen MR) is 70.6 cm³/mol. The lowest BCUT2D eigenvalue weighted by molar-refractivity contribution is 0.0621. The molecule has 0 unspecified atom stereocenters. The molecular formula is C15H16FNO2. The van der Waals surface area contributed by atoms with Crippen LogP contribution in [0.25, 0.3) is 11.0 Å². The van der Waals surface area contributed by atoms with E-state index in [4.69, 9.17) is 4.42 Å². The van der Waals surface area contributed by atoms with Crippen molar-refractivity contribution in [2.75, 3.05) is 7.05 Å². The third-order valence-corrected chi connectivity index (χ3v) is 4.05. The number of rotatable bonds is 2. The van der Waals surface area contributed by atoms with Gasteiger partial charge >= 0.3 is 0 Å². The number of nitrogens with zero attached hydrogens (tertiary/aromatic N) is 1. The number of carbonyl (C=O) groups excluding carboxylic acids is 1. The van der Waals surface area contributed by atoms with E-state index in [0.29, 0.717) is 17.0 Å². The van der Waals surface area contributed by atoms with Crippen molar-refractivity contribution in [2.24, 2.45) is 0 Å². The molecule has 0 aliphatic heterocycles. The van der Waals surface area contributed by atoms with E-state index in [2.05, 4.69) is 0 Å². The number of hydrogen-bond acceptors (Lipinski definition) is 2. The Labute approximate surface area is 111 Å². The maximum absolute atomic E-state index is 13.7. The summed E-state index contributed by atoms with van der Waals surface area (Å²) in [4.78, 5) is 14.1. The molecule has 4 heteroatoms. The van der Waals surface area contributed by atoms with Gasteiger partial charge in [-0.15, -0.1) is 0 Å². The molecule has 1 heterocycles. The van der Waals surface area contributed by atoms with Gasteiger partial charge in [-0.05, 0) is 32.3 Å². The van der Waals surface area contributed by atoms with Crippen molar-refractivity contribution in [2.45, 2.75) is 32.2 Å². The molecule has 2 aromatic rings. The average molecular weight is 261 g/mol. The lowest BCUT2D eigenvalue weighted by Crippen LogP contribution is -2.41. The molecule has 0 saturated heterocycles. The molecule has 100 valence electrons. The zero-order valence-electron chi connectivity index (χ0n) is 11.1. The predicted octanol–water partition coefficient (Wildman–Crippen LogP) is 3.50. The number of carbonyl (C=O) groups is 1. The monoisotopic (exact) mass is 261 g/mol. The second kappa shape index (κ2) is 4.37. The van der Waals surface area contributed by atoms with Crippen LogP contribution >= 0.6 is 0 Å². The fourth-order valence-corrected chi connectivity index (χ4v) is 2.51.